The molecular formula is C21H19Cl2N3O5. The largest absolute Gasteiger partial charge is 0.454 e. The molecule has 0 bridgehead atoms. The normalized spacial score (nSPS) is 13.9. The minimum absolute atomic E-state index is 0.0206. The summed E-state index contributed by atoms with van der Waals surface area (Å²) >= 11 is 11.7. The molecular weight excluding hydrogens is 445 g/mol. The van der Waals surface area contributed by atoms with E-state index in [1.807, 2.05) is 13.8 Å². The first kappa shape index (κ1) is 22.7. The zero-order valence-corrected chi connectivity index (χ0v) is 18.2. The number of amides is 3. The zero-order valence-electron chi connectivity index (χ0n) is 16.7. The fourth-order valence-corrected chi connectivity index (χ4v) is 3.58. The Hall–Kier alpha value is -2.97. The number of aromatic nitrogens is 1. The number of imide groups is 1. The van der Waals surface area contributed by atoms with Crippen LogP contribution >= 0.6 is 23.2 Å². The molecule has 1 atom stereocenters. The molecule has 0 unspecified atom stereocenters. The van der Waals surface area contributed by atoms with E-state index in [1.165, 1.54) is 24.4 Å². The Morgan fingerprint density at radius 2 is 1.74 bits per heavy atom. The van der Waals surface area contributed by atoms with Gasteiger partial charge in [0, 0.05) is 6.20 Å². The second-order valence-electron chi connectivity index (χ2n) is 7.31. The fraction of sp³-hybridized carbons (Fsp3) is 0.286. The predicted molar refractivity (Wildman–Crippen MR) is 114 cm³/mol. The molecule has 2 heterocycles. The van der Waals surface area contributed by atoms with Crippen LogP contribution in [-0.4, -0.2) is 46.2 Å². The Bertz CT molecular complexity index is 1020. The molecule has 1 aromatic heterocycles. The van der Waals surface area contributed by atoms with Crippen LogP contribution in [0.2, 0.25) is 10.0 Å². The van der Waals surface area contributed by atoms with Crippen LogP contribution in [0.25, 0.3) is 0 Å². The van der Waals surface area contributed by atoms with E-state index in [0.29, 0.717) is 5.02 Å². The van der Waals surface area contributed by atoms with Gasteiger partial charge in [-0.3, -0.25) is 19.3 Å². The lowest BCUT2D eigenvalue weighted by Gasteiger charge is -2.25. The van der Waals surface area contributed by atoms with Crippen LogP contribution in [0.4, 0.5) is 5.82 Å². The number of anilines is 1. The molecule has 10 heteroatoms. The number of fused-ring (bicyclic) bond motifs is 1. The number of pyridine rings is 1. The van der Waals surface area contributed by atoms with Gasteiger partial charge in [-0.1, -0.05) is 49.2 Å². The van der Waals surface area contributed by atoms with E-state index in [1.54, 1.807) is 12.1 Å². The monoisotopic (exact) mass is 463 g/mol. The molecule has 0 saturated heterocycles. The van der Waals surface area contributed by atoms with Crippen molar-refractivity contribution < 1.29 is 23.9 Å². The van der Waals surface area contributed by atoms with Crippen molar-refractivity contribution in [3.63, 3.8) is 0 Å². The first-order valence-corrected chi connectivity index (χ1v) is 10.2. The lowest BCUT2D eigenvalue weighted by Crippen LogP contribution is -2.46. The van der Waals surface area contributed by atoms with Gasteiger partial charge in [0.15, 0.2) is 12.4 Å². The Labute approximate surface area is 188 Å². The summed E-state index contributed by atoms with van der Waals surface area (Å²) in [6.45, 7) is 3.05. The van der Waals surface area contributed by atoms with E-state index < -0.39 is 36.3 Å². The van der Waals surface area contributed by atoms with Crippen LogP contribution in [-0.2, 0) is 14.3 Å². The topological polar surface area (TPSA) is 106 Å². The van der Waals surface area contributed by atoms with Gasteiger partial charge in [0.25, 0.3) is 17.7 Å². The number of nitrogens with one attached hydrogen (secondary N) is 1. The van der Waals surface area contributed by atoms with Crippen molar-refractivity contribution in [1.82, 2.24) is 9.88 Å². The molecule has 0 fully saturated rings. The van der Waals surface area contributed by atoms with E-state index in [2.05, 4.69) is 10.3 Å². The molecule has 1 aliphatic heterocycles. The van der Waals surface area contributed by atoms with Gasteiger partial charge in [-0.2, -0.15) is 0 Å². The standard InChI is InChI=1S/C21H19Cl2N3O5/c1-11(2)7-16(26-19(28)13-5-3-4-6-14(13)20(26)29)21(30)31-10-17(27)25-18-15(23)8-12(22)9-24-18/h3-6,8-9,11,16H,7,10H2,1-2H3,(H,24,25,27)/t16-/m1/s1. The number of carbonyl (C=O) groups excluding carboxylic acids is 4. The summed E-state index contributed by atoms with van der Waals surface area (Å²) in [4.78, 5) is 55.3. The third-order valence-corrected chi connectivity index (χ3v) is 5.01. The molecule has 162 valence electrons. The highest BCUT2D eigenvalue weighted by Gasteiger charge is 2.43. The molecule has 3 amide bonds. The third kappa shape index (κ3) is 5.03. The van der Waals surface area contributed by atoms with Gasteiger partial charge in [0.2, 0.25) is 0 Å². The summed E-state index contributed by atoms with van der Waals surface area (Å²) in [6.07, 6.45) is 1.49. The SMILES string of the molecule is CC(C)C[C@H](C(=O)OCC(=O)Nc1ncc(Cl)cc1Cl)N1C(=O)c2ccccc2C1=O. The van der Waals surface area contributed by atoms with Crippen LogP contribution in [0, 0.1) is 5.92 Å². The number of esters is 1. The van der Waals surface area contributed by atoms with Crippen molar-refractivity contribution in [3.8, 4) is 0 Å². The molecule has 1 aromatic carbocycles. The molecule has 0 saturated carbocycles. The van der Waals surface area contributed by atoms with E-state index in [4.69, 9.17) is 27.9 Å². The van der Waals surface area contributed by atoms with Gasteiger partial charge in [-0.05, 0) is 30.5 Å². The van der Waals surface area contributed by atoms with E-state index in [-0.39, 0.29) is 34.3 Å². The highest BCUT2D eigenvalue weighted by atomic mass is 35.5. The summed E-state index contributed by atoms with van der Waals surface area (Å²) in [6, 6.07) is 6.59. The van der Waals surface area contributed by atoms with E-state index in [0.717, 1.165) is 4.90 Å². The number of carbonyl (C=O) groups is 4. The van der Waals surface area contributed by atoms with Gasteiger partial charge < -0.3 is 10.1 Å². The van der Waals surface area contributed by atoms with Crippen LogP contribution in [0.5, 0.6) is 0 Å². The molecule has 0 spiro atoms. The second kappa shape index (κ2) is 9.45. The summed E-state index contributed by atoms with van der Waals surface area (Å²) < 4.78 is 5.12. The van der Waals surface area contributed by atoms with Gasteiger partial charge in [0.1, 0.15) is 6.04 Å². The first-order valence-electron chi connectivity index (χ1n) is 9.43. The first-order chi connectivity index (χ1) is 14.7. The molecule has 2 aromatic rings. The van der Waals surface area contributed by atoms with Crippen molar-refractivity contribution in [1.29, 1.82) is 0 Å². The Morgan fingerprint density at radius 3 is 2.29 bits per heavy atom. The van der Waals surface area contributed by atoms with E-state index >= 15 is 0 Å². The predicted octanol–water partition coefficient (Wildman–Crippen LogP) is 3.58. The number of ether oxygens (including phenoxy) is 1. The van der Waals surface area contributed by atoms with Crippen LogP contribution < -0.4 is 5.32 Å². The molecule has 1 aliphatic rings. The molecule has 1 N–H and O–H groups in total. The maximum Gasteiger partial charge on any atom is 0.329 e. The van der Waals surface area contributed by atoms with Crippen molar-refractivity contribution >= 4 is 52.7 Å². The Kier molecular flexibility index (Phi) is 6.92. The fourth-order valence-electron chi connectivity index (χ4n) is 3.15. The summed E-state index contributed by atoms with van der Waals surface area (Å²) in [5.74, 6) is -2.63. The third-order valence-electron chi connectivity index (χ3n) is 4.52. The average molecular weight is 464 g/mol. The molecule has 31 heavy (non-hydrogen) atoms. The minimum atomic E-state index is -1.16. The molecule has 0 aliphatic carbocycles. The van der Waals surface area contributed by atoms with Gasteiger partial charge in [0.05, 0.1) is 21.2 Å². The van der Waals surface area contributed by atoms with Gasteiger partial charge >= 0.3 is 5.97 Å². The number of nitrogens with zero attached hydrogens (tertiary/aromatic N) is 2. The van der Waals surface area contributed by atoms with Crippen LogP contribution in [0.15, 0.2) is 36.5 Å². The lowest BCUT2D eigenvalue weighted by atomic mass is 10.0. The van der Waals surface area contributed by atoms with Crippen molar-refractivity contribution in [2.45, 2.75) is 26.3 Å². The molecule has 3 rings (SSSR count). The summed E-state index contributed by atoms with van der Waals surface area (Å²) in [5, 5.41) is 2.83. The molecule has 0 radical (unpaired) electrons. The smallest absolute Gasteiger partial charge is 0.329 e. The van der Waals surface area contributed by atoms with Crippen LogP contribution in [0.1, 0.15) is 41.0 Å². The number of rotatable bonds is 7. The highest BCUT2D eigenvalue weighted by molar-refractivity contribution is 6.36. The maximum atomic E-state index is 12.8. The number of benzene rings is 1. The van der Waals surface area contributed by atoms with Crippen molar-refractivity contribution in [2.24, 2.45) is 5.92 Å². The zero-order chi connectivity index (χ0) is 22.7. The quantitative estimate of drug-likeness (QED) is 0.496. The maximum absolute atomic E-state index is 12.8. The van der Waals surface area contributed by atoms with Gasteiger partial charge in [-0.15, -0.1) is 0 Å². The van der Waals surface area contributed by atoms with Crippen LogP contribution in [0.3, 0.4) is 0 Å². The number of hydrogen-bond donors (Lipinski definition) is 1. The molecule has 8 nitrogen and oxygen atoms in total. The summed E-state index contributed by atoms with van der Waals surface area (Å²) in [5.41, 5.74) is 0.463. The average Bonchev–Trinajstić information content (AvgIpc) is 2.97. The second-order valence-corrected chi connectivity index (χ2v) is 8.15. The number of hydrogen-bond acceptors (Lipinski definition) is 6. The van der Waals surface area contributed by atoms with Crippen molar-refractivity contribution in [2.75, 3.05) is 11.9 Å². The highest BCUT2D eigenvalue weighted by Crippen LogP contribution is 2.27. The number of halogens is 2. The van der Waals surface area contributed by atoms with Gasteiger partial charge in [-0.25, -0.2) is 9.78 Å². The Balaban J connectivity index is 1.70. The lowest BCUT2D eigenvalue weighted by molar-refractivity contribution is -0.151. The Morgan fingerprint density at radius 1 is 1.13 bits per heavy atom. The van der Waals surface area contributed by atoms with E-state index in [9.17, 15) is 19.2 Å². The minimum Gasteiger partial charge on any atom is -0.454 e. The summed E-state index contributed by atoms with van der Waals surface area (Å²) in [7, 11) is 0. The van der Waals surface area contributed by atoms with Crippen molar-refractivity contribution in [3.05, 3.63) is 57.7 Å².